The van der Waals surface area contributed by atoms with Crippen LogP contribution >= 0.6 is 28.1 Å². The molecule has 0 aliphatic carbocycles. The third-order valence-corrected chi connectivity index (χ3v) is 4.49. The molecule has 0 bridgehead atoms. The molecule has 128 valence electrons. The van der Waals surface area contributed by atoms with Gasteiger partial charge in [-0.1, -0.05) is 39.7 Å². The van der Waals surface area contributed by atoms with E-state index in [2.05, 4.69) is 69.6 Å². The molecule has 0 aliphatic heterocycles. The summed E-state index contributed by atoms with van der Waals surface area (Å²) in [7, 11) is 0. The summed E-state index contributed by atoms with van der Waals surface area (Å²) in [6.45, 7) is 7.16. The van der Waals surface area contributed by atoms with Gasteiger partial charge in [0.25, 0.3) is 0 Å². The molecule has 2 aromatic rings. The standard InChI is InChI=1S/C19H24BrN3S/c1-3-23(18-10-8-15(2)9-11-18)13-5-12-21-19(24)22-17-7-4-6-16(20)14-17/h4,6-11,14H,3,5,12-13H2,1-2H3,(H2,21,22,24). The van der Waals surface area contributed by atoms with Gasteiger partial charge in [0, 0.05) is 35.5 Å². The maximum absolute atomic E-state index is 5.34. The highest BCUT2D eigenvalue weighted by Gasteiger charge is 2.04. The van der Waals surface area contributed by atoms with E-state index in [1.165, 1.54) is 11.3 Å². The first-order chi connectivity index (χ1) is 11.6. The van der Waals surface area contributed by atoms with E-state index >= 15 is 0 Å². The molecule has 3 nitrogen and oxygen atoms in total. The third kappa shape index (κ3) is 6.13. The van der Waals surface area contributed by atoms with Gasteiger partial charge in [-0.3, -0.25) is 0 Å². The van der Waals surface area contributed by atoms with Crippen molar-refractivity contribution in [1.29, 1.82) is 0 Å². The fourth-order valence-electron chi connectivity index (χ4n) is 2.44. The Morgan fingerprint density at radius 1 is 1.17 bits per heavy atom. The molecule has 0 fully saturated rings. The minimum atomic E-state index is 0.659. The van der Waals surface area contributed by atoms with Gasteiger partial charge in [-0.2, -0.15) is 0 Å². The van der Waals surface area contributed by atoms with Crippen molar-refractivity contribution in [2.24, 2.45) is 0 Å². The number of aryl methyl sites for hydroxylation is 1. The van der Waals surface area contributed by atoms with Crippen molar-refractivity contribution in [3.63, 3.8) is 0 Å². The molecule has 2 N–H and O–H groups in total. The highest BCUT2D eigenvalue weighted by atomic mass is 79.9. The van der Waals surface area contributed by atoms with E-state index in [0.29, 0.717) is 5.11 Å². The first-order valence-electron chi connectivity index (χ1n) is 8.20. The van der Waals surface area contributed by atoms with Crippen LogP contribution in [-0.2, 0) is 0 Å². The Kier molecular flexibility index (Phi) is 7.53. The van der Waals surface area contributed by atoms with E-state index in [1.54, 1.807) is 0 Å². The molecule has 0 atom stereocenters. The summed E-state index contributed by atoms with van der Waals surface area (Å²) in [5.74, 6) is 0. The van der Waals surface area contributed by atoms with Gasteiger partial charge in [-0.15, -0.1) is 0 Å². The number of hydrogen-bond acceptors (Lipinski definition) is 2. The smallest absolute Gasteiger partial charge is 0.170 e. The van der Waals surface area contributed by atoms with E-state index in [4.69, 9.17) is 12.2 Å². The Balaban J connectivity index is 1.73. The molecule has 2 rings (SSSR count). The maximum Gasteiger partial charge on any atom is 0.170 e. The van der Waals surface area contributed by atoms with E-state index < -0.39 is 0 Å². The molecule has 5 heteroatoms. The van der Waals surface area contributed by atoms with Crippen LogP contribution in [0, 0.1) is 6.92 Å². The topological polar surface area (TPSA) is 27.3 Å². The largest absolute Gasteiger partial charge is 0.372 e. The van der Waals surface area contributed by atoms with Gasteiger partial charge in [0.1, 0.15) is 0 Å². The lowest BCUT2D eigenvalue weighted by Crippen LogP contribution is -2.32. The second kappa shape index (κ2) is 9.64. The van der Waals surface area contributed by atoms with Crippen LogP contribution in [0.4, 0.5) is 11.4 Å². The van der Waals surface area contributed by atoms with Gasteiger partial charge in [0.15, 0.2) is 5.11 Å². The minimum Gasteiger partial charge on any atom is -0.372 e. The zero-order valence-corrected chi connectivity index (χ0v) is 16.6. The van der Waals surface area contributed by atoms with Crippen molar-refractivity contribution in [2.75, 3.05) is 29.9 Å². The van der Waals surface area contributed by atoms with Crippen molar-refractivity contribution in [3.8, 4) is 0 Å². The van der Waals surface area contributed by atoms with E-state index in [1.807, 2.05) is 24.3 Å². The second-order valence-electron chi connectivity index (χ2n) is 5.66. The highest BCUT2D eigenvalue weighted by molar-refractivity contribution is 9.10. The summed E-state index contributed by atoms with van der Waals surface area (Å²) in [6.07, 6.45) is 1.03. The fourth-order valence-corrected chi connectivity index (χ4v) is 3.06. The van der Waals surface area contributed by atoms with Crippen molar-refractivity contribution >= 4 is 44.6 Å². The molecular weight excluding hydrogens is 382 g/mol. The van der Waals surface area contributed by atoms with Crippen LogP contribution in [0.3, 0.4) is 0 Å². The number of nitrogens with zero attached hydrogens (tertiary/aromatic N) is 1. The summed E-state index contributed by atoms with van der Waals surface area (Å²) in [6, 6.07) is 16.7. The lowest BCUT2D eigenvalue weighted by atomic mass is 10.2. The van der Waals surface area contributed by atoms with Crippen molar-refractivity contribution in [2.45, 2.75) is 20.3 Å². The number of nitrogens with one attached hydrogen (secondary N) is 2. The minimum absolute atomic E-state index is 0.659. The Bertz CT molecular complexity index is 658. The van der Waals surface area contributed by atoms with Crippen LogP contribution in [-0.4, -0.2) is 24.7 Å². The third-order valence-electron chi connectivity index (χ3n) is 3.75. The Hall–Kier alpha value is -1.59. The molecule has 0 aliphatic rings. The number of hydrogen-bond donors (Lipinski definition) is 2. The molecule has 0 amide bonds. The Labute approximate surface area is 158 Å². The summed E-state index contributed by atoms with van der Waals surface area (Å²) < 4.78 is 1.03. The van der Waals surface area contributed by atoms with Gasteiger partial charge in [0.05, 0.1) is 0 Å². The van der Waals surface area contributed by atoms with Crippen molar-refractivity contribution in [3.05, 3.63) is 58.6 Å². The molecule has 0 saturated heterocycles. The molecule has 0 unspecified atom stereocenters. The van der Waals surface area contributed by atoms with Gasteiger partial charge >= 0.3 is 0 Å². The first kappa shape index (κ1) is 18.7. The van der Waals surface area contributed by atoms with E-state index in [9.17, 15) is 0 Å². The number of halogens is 1. The quantitative estimate of drug-likeness (QED) is 0.502. The van der Waals surface area contributed by atoms with E-state index in [0.717, 1.165) is 36.2 Å². The molecular formula is C19H24BrN3S. The molecule has 0 heterocycles. The van der Waals surface area contributed by atoms with E-state index in [-0.39, 0.29) is 0 Å². The van der Waals surface area contributed by atoms with Crippen LogP contribution < -0.4 is 15.5 Å². The average Bonchev–Trinajstić information content (AvgIpc) is 2.56. The summed E-state index contributed by atoms with van der Waals surface area (Å²) in [5, 5.41) is 7.13. The van der Waals surface area contributed by atoms with Crippen LogP contribution in [0.15, 0.2) is 53.0 Å². The van der Waals surface area contributed by atoms with Crippen molar-refractivity contribution < 1.29 is 0 Å². The summed E-state index contributed by atoms with van der Waals surface area (Å²) in [4.78, 5) is 2.38. The SMILES string of the molecule is CCN(CCCNC(=S)Nc1cccc(Br)c1)c1ccc(C)cc1. The van der Waals surface area contributed by atoms with Gasteiger partial charge < -0.3 is 15.5 Å². The predicted molar refractivity (Wildman–Crippen MR) is 112 cm³/mol. The monoisotopic (exact) mass is 405 g/mol. The first-order valence-corrected chi connectivity index (χ1v) is 9.40. The maximum atomic E-state index is 5.34. The van der Waals surface area contributed by atoms with Gasteiger partial charge in [-0.25, -0.2) is 0 Å². The number of benzene rings is 2. The summed E-state index contributed by atoms with van der Waals surface area (Å²) in [5.41, 5.74) is 3.55. The zero-order chi connectivity index (χ0) is 17.4. The van der Waals surface area contributed by atoms with Crippen LogP contribution in [0.2, 0.25) is 0 Å². The van der Waals surface area contributed by atoms with Crippen molar-refractivity contribution in [1.82, 2.24) is 5.32 Å². The number of thiocarbonyl (C=S) groups is 1. The number of anilines is 2. The normalized spacial score (nSPS) is 10.3. The lowest BCUT2D eigenvalue weighted by molar-refractivity contribution is 0.726. The summed E-state index contributed by atoms with van der Waals surface area (Å²) >= 11 is 8.80. The highest BCUT2D eigenvalue weighted by Crippen LogP contribution is 2.16. The molecule has 24 heavy (non-hydrogen) atoms. The average molecular weight is 406 g/mol. The van der Waals surface area contributed by atoms with Crippen LogP contribution in [0.1, 0.15) is 18.9 Å². The predicted octanol–water partition coefficient (Wildman–Crippen LogP) is 4.96. The Morgan fingerprint density at radius 2 is 1.92 bits per heavy atom. The molecule has 0 saturated carbocycles. The van der Waals surface area contributed by atoms with Crippen LogP contribution in [0.5, 0.6) is 0 Å². The fraction of sp³-hybridized carbons (Fsp3) is 0.316. The Morgan fingerprint density at radius 3 is 2.58 bits per heavy atom. The van der Waals surface area contributed by atoms with Crippen LogP contribution in [0.25, 0.3) is 0 Å². The van der Waals surface area contributed by atoms with Gasteiger partial charge in [0.2, 0.25) is 0 Å². The number of rotatable bonds is 7. The molecule has 0 aromatic heterocycles. The molecule has 0 spiro atoms. The molecule has 0 radical (unpaired) electrons. The lowest BCUT2D eigenvalue weighted by Gasteiger charge is -2.23. The second-order valence-corrected chi connectivity index (χ2v) is 6.98. The molecule has 2 aromatic carbocycles. The zero-order valence-electron chi connectivity index (χ0n) is 14.2. The van der Waals surface area contributed by atoms with Gasteiger partial charge in [-0.05, 0) is 62.8 Å².